The molecular formula is C12H19N3O2. The first-order chi connectivity index (χ1) is 8.09. The summed E-state index contributed by atoms with van der Waals surface area (Å²) in [5.74, 6) is 0.195. The highest BCUT2D eigenvalue weighted by molar-refractivity contribution is 5.76. The second-order valence-electron chi connectivity index (χ2n) is 4.85. The number of carbonyl (C=O) groups is 1. The molecule has 1 N–H and O–H groups in total. The average molecular weight is 237 g/mol. The number of hydrogen-bond acceptors (Lipinski definition) is 3. The number of imidazole rings is 1. The molecule has 0 bridgehead atoms. The fraction of sp³-hybridized carbons (Fsp3) is 0.667. The zero-order valence-electron chi connectivity index (χ0n) is 10.4. The van der Waals surface area contributed by atoms with Crippen molar-refractivity contribution in [3.8, 4) is 0 Å². The molecule has 1 atom stereocenters. The molecule has 17 heavy (non-hydrogen) atoms. The van der Waals surface area contributed by atoms with E-state index in [9.17, 15) is 9.90 Å². The number of aromatic nitrogens is 2. The van der Waals surface area contributed by atoms with Crippen molar-refractivity contribution in [2.24, 2.45) is 12.5 Å². The molecule has 0 radical (unpaired) electrons. The summed E-state index contributed by atoms with van der Waals surface area (Å²) in [7, 11) is 1.93. The first-order valence-electron chi connectivity index (χ1n) is 6.05. The second kappa shape index (κ2) is 4.39. The number of carboxylic acids is 1. The van der Waals surface area contributed by atoms with Crippen molar-refractivity contribution in [3.63, 3.8) is 0 Å². The summed E-state index contributed by atoms with van der Waals surface area (Å²) >= 11 is 0. The van der Waals surface area contributed by atoms with Gasteiger partial charge in [0.05, 0.1) is 5.41 Å². The van der Waals surface area contributed by atoms with Gasteiger partial charge in [-0.2, -0.15) is 0 Å². The molecule has 5 heteroatoms. The van der Waals surface area contributed by atoms with Gasteiger partial charge < -0.3 is 14.6 Å². The molecule has 0 saturated carbocycles. The highest BCUT2D eigenvalue weighted by Crippen LogP contribution is 2.37. The Balaban J connectivity index is 2.18. The number of nitrogens with zero attached hydrogens (tertiary/aromatic N) is 3. The Bertz CT molecular complexity index is 416. The van der Waals surface area contributed by atoms with E-state index in [0.29, 0.717) is 13.0 Å². The molecule has 1 unspecified atom stereocenters. The van der Waals surface area contributed by atoms with Crippen LogP contribution in [0.2, 0.25) is 0 Å². The Morgan fingerprint density at radius 3 is 2.94 bits per heavy atom. The summed E-state index contributed by atoms with van der Waals surface area (Å²) in [6, 6.07) is 0. The molecule has 1 aromatic heterocycles. The van der Waals surface area contributed by atoms with Crippen LogP contribution < -0.4 is 4.90 Å². The van der Waals surface area contributed by atoms with Crippen molar-refractivity contribution < 1.29 is 9.90 Å². The summed E-state index contributed by atoms with van der Waals surface area (Å²) < 4.78 is 1.93. The zero-order chi connectivity index (χ0) is 12.5. The van der Waals surface area contributed by atoms with Gasteiger partial charge in [-0.05, 0) is 12.8 Å². The van der Waals surface area contributed by atoms with E-state index >= 15 is 0 Å². The smallest absolute Gasteiger partial charge is 0.311 e. The molecule has 94 valence electrons. The number of anilines is 1. The Morgan fingerprint density at radius 1 is 1.65 bits per heavy atom. The van der Waals surface area contributed by atoms with E-state index < -0.39 is 11.4 Å². The summed E-state index contributed by atoms with van der Waals surface area (Å²) in [6.45, 7) is 3.38. The first-order valence-corrected chi connectivity index (χ1v) is 6.05. The van der Waals surface area contributed by atoms with Crippen molar-refractivity contribution >= 4 is 11.9 Å². The molecular weight excluding hydrogens is 218 g/mol. The molecule has 1 aliphatic heterocycles. The number of aliphatic carboxylic acids is 1. The Hall–Kier alpha value is -1.52. The van der Waals surface area contributed by atoms with Gasteiger partial charge in [-0.3, -0.25) is 4.79 Å². The topological polar surface area (TPSA) is 58.4 Å². The number of carboxylic acid groups (broad SMARTS) is 1. The third-order valence-electron chi connectivity index (χ3n) is 3.61. The molecule has 1 aliphatic rings. The lowest BCUT2D eigenvalue weighted by atomic mass is 9.83. The van der Waals surface area contributed by atoms with Crippen molar-refractivity contribution in [1.82, 2.24) is 9.55 Å². The molecule has 2 rings (SSSR count). The number of rotatable bonds is 4. The van der Waals surface area contributed by atoms with E-state index in [1.165, 1.54) is 0 Å². The summed E-state index contributed by atoms with van der Waals surface area (Å²) in [6.07, 6.45) is 5.98. The number of aryl methyl sites for hydroxylation is 1. The lowest BCUT2D eigenvalue weighted by Crippen LogP contribution is -2.35. The third kappa shape index (κ3) is 2.01. The highest BCUT2D eigenvalue weighted by atomic mass is 16.4. The molecule has 0 aromatic carbocycles. The number of hydrogen-bond donors (Lipinski definition) is 1. The zero-order valence-corrected chi connectivity index (χ0v) is 10.4. The van der Waals surface area contributed by atoms with Gasteiger partial charge in [0, 0.05) is 32.5 Å². The van der Waals surface area contributed by atoms with Gasteiger partial charge in [-0.1, -0.05) is 13.3 Å². The SMILES string of the molecule is CCCC1(C(=O)O)CCN(c2nccn2C)C1. The maximum Gasteiger partial charge on any atom is 0.311 e. The summed E-state index contributed by atoms with van der Waals surface area (Å²) in [5.41, 5.74) is -0.583. The van der Waals surface area contributed by atoms with E-state index in [2.05, 4.69) is 9.88 Å². The van der Waals surface area contributed by atoms with Crippen LogP contribution in [0, 0.1) is 5.41 Å². The third-order valence-corrected chi connectivity index (χ3v) is 3.61. The van der Waals surface area contributed by atoms with Gasteiger partial charge in [-0.15, -0.1) is 0 Å². The maximum atomic E-state index is 11.5. The predicted molar refractivity (Wildman–Crippen MR) is 65.0 cm³/mol. The van der Waals surface area contributed by atoms with Crippen LogP contribution in [-0.4, -0.2) is 33.7 Å². The fourth-order valence-corrected chi connectivity index (χ4v) is 2.67. The van der Waals surface area contributed by atoms with Crippen molar-refractivity contribution in [2.45, 2.75) is 26.2 Å². The van der Waals surface area contributed by atoms with Gasteiger partial charge in [0.25, 0.3) is 0 Å². The molecule has 1 saturated heterocycles. The minimum Gasteiger partial charge on any atom is -0.481 e. The minimum atomic E-state index is -0.670. The lowest BCUT2D eigenvalue weighted by molar-refractivity contribution is -0.148. The van der Waals surface area contributed by atoms with Crippen LogP contribution in [0.15, 0.2) is 12.4 Å². The monoisotopic (exact) mass is 237 g/mol. The normalized spacial score (nSPS) is 24.2. The van der Waals surface area contributed by atoms with Crippen LogP contribution >= 0.6 is 0 Å². The summed E-state index contributed by atoms with van der Waals surface area (Å²) in [4.78, 5) is 17.8. The van der Waals surface area contributed by atoms with Crippen LogP contribution in [0.3, 0.4) is 0 Å². The van der Waals surface area contributed by atoms with Crippen LogP contribution in [0.1, 0.15) is 26.2 Å². The van der Waals surface area contributed by atoms with Gasteiger partial charge in [-0.25, -0.2) is 4.98 Å². The molecule has 0 spiro atoms. The van der Waals surface area contributed by atoms with E-state index in [4.69, 9.17) is 0 Å². The average Bonchev–Trinajstić information content (AvgIpc) is 2.86. The van der Waals surface area contributed by atoms with Gasteiger partial charge in [0.15, 0.2) is 0 Å². The van der Waals surface area contributed by atoms with E-state index in [1.807, 2.05) is 24.7 Å². The van der Waals surface area contributed by atoms with Crippen LogP contribution in [0.4, 0.5) is 5.95 Å². The molecule has 2 heterocycles. The predicted octanol–water partition coefficient (Wildman–Crippen LogP) is 1.50. The van der Waals surface area contributed by atoms with Crippen LogP contribution in [-0.2, 0) is 11.8 Å². The standard InChI is InChI=1S/C12H19N3O2/c1-3-4-12(10(16)17)5-7-15(9-12)11-13-6-8-14(11)2/h6,8H,3-5,7,9H2,1-2H3,(H,16,17). The van der Waals surface area contributed by atoms with E-state index in [0.717, 1.165) is 25.3 Å². The second-order valence-corrected chi connectivity index (χ2v) is 4.85. The molecule has 0 amide bonds. The highest BCUT2D eigenvalue weighted by Gasteiger charge is 2.44. The Labute approximate surface area is 101 Å². The minimum absolute atomic E-state index is 0.570. The van der Waals surface area contributed by atoms with Gasteiger partial charge in [0.2, 0.25) is 5.95 Å². The van der Waals surface area contributed by atoms with Crippen molar-refractivity contribution in [3.05, 3.63) is 12.4 Å². The Morgan fingerprint density at radius 2 is 2.41 bits per heavy atom. The van der Waals surface area contributed by atoms with E-state index in [-0.39, 0.29) is 0 Å². The molecule has 5 nitrogen and oxygen atoms in total. The van der Waals surface area contributed by atoms with Crippen LogP contribution in [0.5, 0.6) is 0 Å². The first kappa shape index (κ1) is 12.0. The van der Waals surface area contributed by atoms with Crippen molar-refractivity contribution in [2.75, 3.05) is 18.0 Å². The Kier molecular flexibility index (Phi) is 3.09. The summed E-state index contributed by atoms with van der Waals surface area (Å²) in [5, 5.41) is 9.43. The largest absolute Gasteiger partial charge is 0.481 e. The maximum absolute atomic E-state index is 11.5. The molecule has 0 aliphatic carbocycles. The van der Waals surface area contributed by atoms with Crippen molar-refractivity contribution in [1.29, 1.82) is 0 Å². The quantitative estimate of drug-likeness (QED) is 0.862. The molecule has 1 aromatic rings. The van der Waals surface area contributed by atoms with E-state index in [1.54, 1.807) is 6.20 Å². The van der Waals surface area contributed by atoms with Gasteiger partial charge in [0.1, 0.15) is 0 Å². The lowest BCUT2D eigenvalue weighted by Gasteiger charge is -2.24. The molecule has 1 fully saturated rings. The fourth-order valence-electron chi connectivity index (χ4n) is 2.67. The van der Waals surface area contributed by atoms with Crippen LogP contribution in [0.25, 0.3) is 0 Å². The van der Waals surface area contributed by atoms with Gasteiger partial charge >= 0.3 is 5.97 Å².